The van der Waals surface area contributed by atoms with E-state index >= 15 is 0 Å². The fourth-order valence-corrected chi connectivity index (χ4v) is 4.36. The Bertz CT molecular complexity index is 923. The maximum Gasteiger partial charge on any atom is 0.0701 e. The van der Waals surface area contributed by atoms with Crippen molar-refractivity contribution in [1.82, 2.24) is 0 Å². The van der Waals surface area contributed by atoms with E-state index in [2.05, 4.69) is 20.1 Å². The van der Waals surface area contributed by atoms with Gasteiger partial charge >= 0.3 is 0 Å². The Labute approximate surface area is 384 Å². The van der Waals surface area contributed by atoms with Gasteiger partial charge in [0, 0.05) is 22.9 Å². The van der Waals surface area contributed by atoms with E-state index in [-0.39, 0.29) is 0 Å². The molecule has 0 fully saturated rings. The van der Waals surface area contributed by atoms with Gasteiger partial charge in [-0.1, -0.05) is 10.2 Å². The maximum absolute atomic E-state index is 8.16. The van der Waals surface area contributed by atoms with Crippen LogP contribution in [0.4, 0.5) is 0 Å². The summed E-state index contributed by atoms with van der Waals surface area (Å²) in [5.74, 6) is 0. The van der Waals surface area contributed by atoms with Gasteiger partial charge in [0.05, 0.1) is 251 Å². The first-order valence-electron chi connectivity index (χ1n) is 22.4. The normalized spacial score (nSPS) is 11.3. The van der Waals surface area contributed by atoms with Crippen LogP contribution in [0.1, 0.15) is 0 Å². The van der Waals surface area contributed by atoms with Crippen LogP contribution in [0, 0.1) is 0 Å². The second-order valence-corrected chi connectivity index (χ2v) is 12.5. The van der Waals surface area contributed by atoms with E-state index in [0.29, 0.717) is 264 Å². The quantitative estimate of drug-likeness (QED) is 0.0365. The zero-order chi connectivity index (χ0) is 46.5. The predicted molar refractivity (Wildman–Crippen MR) is 234 cm³/mol. The monoisotopic (exact) mass is 949 g/mol. The minimum Gasteiger partial charge on any atom is -0.379 e. The van der Waals surface area contributed by atoms with Gasteiger partial charge in [-0.2, -0.15) is 0 Å². The standard InChI is InChI=1S/C40H80N6O19/c41-45-43-1-3-47-5-7-49-9-11-51-13-15-53-17-19-55-21-23-57-25-27-59-29-31-61-33-35-63-37-39-65-40-38-64-36-34-62-32-30-60-28-26-58-24-22-56-20-18-54-16-14-52-12-10-50-8-6-48-4-2-44-46-42/h1-40H2. The molecular formula is C40H80N6O19. The minimum atomic E-state index is 0.321. The average molecular weight is 949 g/mol. The van der Waals surface area contributed by atoms with Gasteiger partial charge in [-0.25, -0.2) is 0 Å². The van der Waals surface area contributed by atoms with Crippen molar-refractivity contribution in [3.8, 4) is 0 Å². The summed E-state index contributed by atoms with van der Waals surface area (Å²) < 4.78 is 103. The summed E-state index contributed by atoms with van der Waals surface area (Å²) in [5.41, 5.74) is 16.3. The Balaban J connectivity index is 3.07. The van der Waals surface area contributed by atoms with Crippen LogP contribution >= 0.6 is 0 Å². The van der Waals surface area contributed by atoms with Crippen molar-refractivity contribution in [2.75, 3.05) is 264 Å². The van der Waals surface area contributed by atoms with Gasteiger partial charge in [-0.15, -0.1) is 0 Å². The second kappa shape index (κ2) is 61.9. The molecule has 0 atom stereocenters. The molecule has 0 aliphatic carbocycles. The van der Waals surface area contributed by atoms with Gasteiger partial charge in [0.15, 0.2) is 0 Å². The molecule has 0 radical (unpaired) electrons. The van der Waals surface area contributed by atoms with Crippen LogP contribution < -0.4 is 0 Å². The number of azide groups is 2. The summed E-state index contributed by atoms with van der Waals surface area (Å²) in [6.07, 6.45) is 0. The van der Waals surface area contributed by atoms with E-state index in [1.165, 1.54) is 0 Å². The molecule has 0 aromatic rings. The molecule has 0 bridgehead atoms. The lowest BCUT2D eigenvalue weighted by Crippen LogP contribution is -2.16. The third-order valence-electron chi connectivity index (χ3n) is 7.49. The van der Waals surface area contributed by atoms with Gasteiger partial charge < -0.3 is 90.0 Å². The Morgan fingerprint density at radius 1 is 0.169 bits per heavy atom. The summed E-state index contributed by atoms with van der Waals surface area (Å²) in [6, 6.07) is 0. The smallest absolute Gasteiger partial charge is 0.0701 e. The van der Waals surface area contributed by atoms with Gasteiger partial charge in [0.1, 0.15) is 0 Å². The van der Waals surface area contributed by atoms with Gasteiger partial charge in [0.25, 0.3) is 0 Å². The van der Waals surface area contributed by atoms with Crippen LogP contribution in [0.25, 0.3) is 20.9 Å². The zero-order valence-corrected chi connectivity index (χ0v) is 38.7. The first-order chi connectivity index (χ1) is 32.4. The molecular weight excluding hydrogens is 868 g/mol. The molecule has 384 valence electrons. The molecule has 65 heavy (non-hydrogen) atoms. The highest BCUT2D eigenvalue weighted by Gasteiger charge is 1.99. The molecule has 0 amide bonds. The van der Waals surface area contributed by atoms with Crippen LogP contribution in [0.15, 0.2) is 10.2 Å². The third-order valence-corrected chi connectivity index (χ3v) is 7.49. The summed E-state index contributed by atoms with van der Waals surface area (Å²) in [5, 5.41) is 6.75. The highest BCUT2D eigenvalue weighted by Crippen LogP contribution is 1.90. The molecule has 0 N–H and O–H groups in total. The number of rotatable bonds is 60. The van der Waals surface area contributed by atoms with Gasteiger partial charge in [-0.3, -0.25) is 0 Å². The van der Waals surface area contributed by atoms with Crippen LogP contribution in [0.2, 0.25) is 0 Å². The number of hydrogen-bond acceptors (Lipinski definition) is 21. The summed E-state index contributed by atoms with van der Waals surface area (Å²) in [6.45, 7) is 18.8. The van der Waals surface area contributed by atoms with Crippen LogP contribution in [-0.2, 0) is 90.0 Å². The van der Waals surface area contributed by atoms with E-state index in [4.69, 9.17) is 101 Å². The Kier molecular flexibility index (Phi) is 59.8. The Hall–Kier alpha value is -2.14. The Morgan fingerprint density at radius 2 is 0.262 bits per heavy atom. The van der Waals surface area contributed by atoms with E-state index < -0.39 is 0 Å². The molecule has 0 heterocycles. The first kappa shape index (κ1) is 62.9. The van der Waals surface area contributed by atoms with E-state index in [1.807, 2.05) is 0 Å². The number of ether oxygens (including phenoxy) is 19. The van der Waals surface area contributed by atoms with Crippen molar-refractivity contribution in [2.45, 2.75) is 0 Å². The third kappa shape index (κ3) is 61.9. The van der Waals surface area contributed by atoms with Gasteiger partial charge in [-0.05, 0) is 11.1 Å². The van der Waals surface area contributed by atoms with Crippen LogP contribution in [0.3, 0.4) is 0 Å². The second-order valence-electron chi connectivity index (χ2n) is 12.5. The molecule has 25 nitrogen and oxygen atoms in total. The highest BCUT2D eigenvalue weighted by molar-refractivity contribution is 4.46. The fourth-order valence-electron chi connectivity index (χ4n) is 4.36. The molecule has 0 rings (SSSR count). The largest absolute Gasteiger partial charge is 0.379 e. The maximum atomic E-state index is 8.16. The number of hydrogen-bond donors (Lipinski definition) is 0. The molecule has 25 heteroatoms. The van der Waals surface area contributed by atoms with E-state index in [0.717, 1.165) is 0 Å². The molecule has 0 unspecified atom stereocenters. The summed E-state index contributed by atoms with van der Waals surface area (Å²) >= 11 is 0. The topological polar surface area (TPSA) is 273 Å². The fraction of sp³-hybridized carbons (Fsp3) is 1.00. The molecule has 0 aliphatic heterocycles. The highest BCUT2D eigenvalue weighted by atomic mass is 16.6. The first-order valence-corrected chi connectivity index (χ1v) is 22.4. The van der Waals surface area contributed by atoms with E-state index in [9.17, 15) is 0 Å². The number of nitrogens with zero attached hydrogens (tertiary/aromatic N) is 6. The van der Waals surface area contributed by atoms with Crippen molar-refractivity contribution >= 4 is 0 Å². The van der Waals surface area contributed by atoms with Crippen molar-refractivity contribution < 1.29 is 90.0 Å². The van der Waals surface area contributed by atoms with Crippen molar-refractivity contribution in [1.29, 1.82) is 0 Å². The molecule has 0 saturated carbocycles. The van der Waals surface area contributed by atoms with Crippen LogP contribution in [0.5, 0.6) is 0 Å². The predicted octanol–water partition coefficient (Wildman–Crippen LogP) is 1.92. The van der Waals surface area contributed by atoms with Crippen molar-refractivity contribution in [3.63, 3.8) is 0 Å². The minimum absolute atomic E-state index is 0.321. The Morgan fingerprint density at radius 3 is 0.354 bits per heavy atom. The summed E-state index contributed by atoms with van der Waals surface area (Å²) in [7, 11) is 0. The van der Waals surface area contributed by atoms with Gasteiger partial charge in [0.2, 0.25) is 0 Å². The summed E-state index contributed by atoms with van der Waals surface area (Å²) in [4.78, 5) is 5.29. The van der Waals surface area contributed by atoms with Crippen LogP contribution in [-0.4, -0.2) is 264 Å². The molecule has 0 aromatic carbocycles. The lowest BCUT2D eigenvalue weighted by atomic mass is 10.6. The lowest BCUT2D eigenvalue weighted by Gasteiger charge is -2.09. The molecule has 0 aromatic heterocycles. The van der Waals surface area contributed by atoms with E-state index in [1.54, 1.807) is 0 Å². The molecule has 0 aliphatic rings. The SMILES string of the molecule is [N-]=[N+]=NCCOCCOCCOCCOCCOCCOCCOCCOCCOCCOCCOCCOCCOCCOCCOCCOCCOCCOCCOCCN=[N+]=[N-]. The van der Waals surface area contributed by atoms with Crippen molar-refractivity contribution in [3.05, 3.63) is 20.9 Å². The molecule has 0 spiro atoms. The van der Waals surface area contributed by atoms with Crippen molar-refractivity contribution in [2.24, 2.45) is 10.2 Å². The average Bonchev–Trinajstić information content (AvgIpc) is 3.32. The molecule has 0 saturated heterocycles. The zero-order valence-electron chi connectivity index (χ0n) is 38.7. The lowest BCUT2D eigenvalue weighted by molar-refractivity contribution is -0.0312.